The van der Waals surface area contributed by atoms with Crippen LogP contribution in [-0.2, 0) is 16.1 Å². The fourth-order valence-corrected chi connectivity index (χ4v) is 5.39. The number of carboxylic acids is 1. The number of benzene rings is 1. The number of nitrogens with zero attached hydrogens (tertiary/aromatic N) is 4. The summed E-state index contributed by atoms with van der Waals surface area (Å²) < 4.78 is 7.38. The summed E-state index contributed by atoms with van der Waals surface area (Å²) in [6, 6.07) is 9.79. The van der Waals surface area contributed by atoms with E-state index in [4.69, 9.17) is 9.63 Å². The zero-order valence-electron chi connectivity index (χ0n) is 20.8. The fourth-order valence-electron chi connectivity index (χ4n) is 5.39. The van der Waals surface area contributed by atoms with Crippen molar-refractivity contribution >= 4 is 11.9 Å². The number of carboxylic acid groups (broad SMARTS) is 1. The third-order valence-corrected chi connectivity index (χ3v) is 7.44. The van der Waals surface area contributed by atoms with Crippen LogP contribution < -0.4 is 0 Å². The van der Waals surface area contributed by atoms with Gasteiger partial charge in [-0.15, -0.1) is 0 Å². The highest BCUT2D eigenvalue weighted by Crippen LogP contribution is 2.52. The molecule has 1 amide bonds. The van der Waals surface area contributed by atoms with Gasteiger partial charge < -0.3 is 24.2 Å². The Balaban J connectivity index is 1.13. The Bertz CT molecular complexity index is 1330. The number of hydrogen-bond donors (Lipinski definition) is 2. The molecule has 1 saturated heterocycles. The topological polar surface area (TPSA) is 122 Å². The van der Waals surface area contributed by atoms with E-state index in [0.29, 0.717) is 37.1 Å². The summed E-state index contributed by atoms with van der Waals surface area (Å²) in [6.07, 6.45) is 6.30. The van der Waals surface area contributed by atoms with Crippen molar-refractivity contribution in [2.45, 2.75) is 51.7 Å². The summed E-state index contributed by atoms with van der Waals surface area (Å²) in [7, 11) is 0. The molecule has 9 nitrogen and oxygen atoms in total. The summed E-state index contributed by atoms with van der Waals surface area (Å²) in [5.41, 5.74) is 2.85. The zero-order valence-corrected chi connectivity index (χ0v) is 20.8. The lowest BCUT2D eigenvalue weighted by atomic mass is 9.58. The smallest absolute Gasteiger partial charge is 0.312 e. The fraction of sp³-hybridized carbons (Fsp3) is 0.429. The molecular formula is C28H30N4O5. The van der Waals surface area contributed by atoms with Crippen LogP contribution in [0.1, 0.15) is 62.2 Å². The standard InChI is InChI=1S/C28H30N4O5/c1-19(33)27-29-10-13-32(27)18-23-14-24(37-30-23)22-6-4-20(5-7-22)2-3-21-16-28(17-21)8-11-31(12-9-28)25(34)15-26(35)36/h4-7,10,13-14,19,21,33H,8-9,11-12,15-18H2,1H3,(H,35,36)/t19-/m0/s1. The number of aliphatic carboxylic acids is 1. The molecule has 1 atom stereocenters. The largest absolute Gasteiger partial charge is 0.481 e. The number of rotatable bonds is 6. The Kier molecular flexibility index (Phi) is 6.85. The SMILES string of the molecule is C[C@H](O)c1nccn1Cc1cc(-c2ccc(C#CC3CC4(CCN(C(=O)CC(=O)O)CC4)C3)cc2)on1. The van der Waals surface area contributed by atoms with E-state index in [2.05, 4.69) is 22.0 Å². The van der Waals surface area contributed by atoms with Crippen molar-refractivity contribution in [2.24, 2.45) is 11.3 Å². The number of hydrogen-bond acceptors (Lipinski definition) is 6. The van der Waals surface area contributed by atoms with Gasteiger partial charge >= 0.3 is 5.97 Å². The summed E-state index contributed by atoms with van der Waals surface area (Å²) in [5.74, 6) is 6.94. The predicted octanol–water partition coefficient (Wildman–Crippen LogP) is 3.48. The number of carbonyl (C=O) groups is 2. The van der Waals surface area contributed by atoms with E-state index in [1.165, 1.54) is 0 Å². The molecule has 0 unspecified atom stereocenters. The first-order valence-electron chi connectivity index (χ1n) is 12.6. The molecule has 1 aliphatic carbocycles. The first-order chi connectivity index (χ1) is 17.8. The van der Waals surface area contributed by atoms with Crippen molar-refractivity contribution in [3.05, 3.63) is 59.8 Å². The van der Waals surface area contributed by atoms with Crippen molar-refractivity contribution in [2.75, 3.05) is 13.1 Å². The maximum atomic E-state index is 12.0. The van der Waals surface area contributed by atoms with Crippen molar-refractivity contribution in [3.8, 4) is 23.2 Å². The molecule has 3 aromatic rings. The molecule has 1 aliphatic heterocycles. The first kappa shape index (κ1) is 24.8. The van der Waals surface area contributed by atoms with E-state index in [9.17, 15) is 14.7 Å². The zero-order chi connectivity index (χ0) is 26.0. The maximum Gasteiger partial charge on any atom is 0.312 e. The van der Waals surface area contributed by atoms with E-state index >= 15 is 0 Å². The van der Waals surface area contributed by atoms with Gasteiger partial charge in [-0.1, -0.05) is 17.0 Å². The molecule has 9 heteroatoms. The van der Waals surface area contributed by atoms with Gasteiger partial charge in [0.1, 0.15) is 24.0 Å². The Morgan fingerprint density at radius 1 is 1.22 bits per heavy atom. The summed E-state index contributed by atoms with van der Waals surface area (Å²) in [6.45, 7) is 3.43. The van der Waals surface area contributed by atoms with Crippen LogP contribution in [0.2, 0.25) is 0 Å². The van der Waals surface area contributed by atoms with Gasteiger partial charge in [0.25, 0.3) is 0 Å². The van der Waals surface area contributed by atoms with Crippen LogP contribution in [0.3, 0.4) is 0 Å². The molecule has 2 aromatic heterocycles. The van der Waals surface area contributed by atoms with Gasteiger partial charge in [-0.05, 0) is 62.3 Å². The van der Waals surface area contributed by atoms with Crippen molar-refractivity contribution in [3.63, 3.8) is 0 Å². The number of carbonyl (C=O) groups excluding carboxylic acids is 1. The lowest BCUT2D eigenvalue weighted by Gasteiger charge is -2.50. The third kappa shape index (κ3) is 5.59. The predicted molar refractivity (Wildman–Crippen MR) is 134 cm³/mol. The van der Waals surface area contributed by atoms with Crippen LogP contribution in [0.15, 0.2) is 47.2 Å². The minimum absolute atomic E-state index is 0.250. The number of piperidine rings is 1. The van der Waals surface area contributed by atoms with Gasteiger partial charge in [0.15, 0.2) is 5.76 Å². The van der Waals surface area contributed by atoms with Gasteiger partial charge in [-0.2, -0.15) is 0 Å². The molecule has 2 aliphatic rings. The highest BCUT2D eigenvalue weighted by Gasteiger charge is 2.45. The lowest BCUT2D eigenvalue weighted by molar-refractivity contribution is -0.145. The van der Waals surface area contributed by atoms with Gasteiger partial charge in [0.05, 0.1) is 6.54 Å². The van der Waals surface area contributed by atoms with E-state index in [0.717, 1.165) is 42.5 Å². The van der Waals surface area contributed by atoms with Crippen LogP contribution in [0.5, 0.6) is 0 Å². The average Bonchev–Trinajstić information content (AvgIpc) is 3.52. The second kappa shape index (κ2) is 10.2. The molecule has 1 spiro atoms. The quantitative estimate of drug-likeness (QED) is 0.391. The monoisotopic (exact) mass is 502 g/mol. The number of amides is 1. The Labute approximate surface area is 215 Å². The van der Waals surface area contributed by atoms with Gasteiger partial charge in [0.2, 0.25) is 5.91 Å². The summed E-state index contributed by atoms with van der Waals surface area (Å²) in [5, 5.41) is 22.8. The Hall–Kier alpha value is -3.90. The molecule has 1 saturated carbocycles. The summed E-state index contributed by atoms with van der Waals surface area (Å²) in [4.78, 5) is 28.6. The molecule has 3 heterocycles. The molecule has 5 rings (SSSR count). The summed E-state index contributed by atoms with van der Waals surface area (Å²) >= 11 is 0. The lowest BCUT2D eigenvalue weighted by Crippen LogP contribution is -2.48. The minimum atomic E-state index is -1.07. The molecule has 0 radical (unpaired) electrons. The van der Waals surface area contributed by atoms with E-state index in [1.54, 1.807) is 24.2 Å². The van der Waals surface area contributed by atoms with Crippen LogP contribution in [0, 0.1) is 23.2 Å². The van der Waals surface area contributed by atoms with Crippen molar-refractivity contribution < 1.29 is 24.3 Å². The van der Waals surface area contributed by atoms with Crippen LogP contribution in [0.25, 0.3) is 11.3 Å². The van der Waals surface area contributed by atoms with E-state index in [1.807, 2.05) is 34.9 Å². The second-order valence-corrected chi connectivity index (χ2v) is 10.2. The van der Waals surface area contributed by atoms with Crippen molar-refractivity contribution in [1.82, 2.24) is 19.6 Å². The van der Waals surface area contributed by atoms with Crippen LogP contribution in [-0.4, -0.2) is 54.8 Å². The average molecular weight is 503 g/mol. The number of likely N-dealkylation sites (tertiary alicyclic amines) is 1. The van der Waals surface area contributed by atoms with Gasteiger partial charge in [0, 0.05) is 48.6 Å². The number of aromatic nitrogens is 3. The van der Waals surface area contributed by atoms with Gasteiger partial charge in [-0.3, -0.25) is 9.59 Å². The second-order valence-electron chi connectivity index (χ2n) is 10.2. The Morgan fingerprint density at radius 2 is 1.95 bits per heavy atom. The Morgan fingerprint density at radius 3 is 2.62 bits per heavy atom. The maximum absolute atomic E-state index is 12.0. The molecule has 0 bridgehead atoms. The molecular weight excluding hydrogens is 472 g/mol. The normalized spacial score (nSPS) is 17.6. The molecule has 1 aromatic carbocycles. The molecule has 37 heavy (non-hydrogen) atoms. The third-order valence-electron chi connectivity index (χ3n) is 7.44. The highest BCUT2D eigenvalue weighted by atomic mass is 16.5. The molecule has 192 valence electrons. The van der Waals surface area contributed by atoms with Crippen molar-refractivity contribution in [1.29, 1.82) is 0 Å². The minimum Gasteiger partial charge on any atom is -0.481 e. The number of imidazole rings is 1. The van der Waals surface area contributed by atoms with Crippen LogP contribution in [0.4, 0.5) is 0 Å². The number of aliphatic hydroxyl groups excluding tert-OH is 1. The number of aliphatic hydroxyl groups is 1. The van der Waals surface area contributed by atoms with E-state index < -0.39 is 18.5 Å². The van der Waals surface area contributed by atoms with Gasteiger partial charge in [-0.25, -0.2) is 4.98 Å². The highest BCUT2D eigenvalue weighted by molar-refractivity contribution is 5.93. The molecule has 2 N–H and O–H groups in total. The van der Waals surface area contributed by atoms with Crippen LogP contribution >= 0.6 is 0 Å². The van der Waals surface area contributed by atoms with E-state index in [-0.39, 0.29) is 11.3 Å². The first-order valence-corrected chi connectivity index (χ1v) is 12.6. The molecule has 2 fully saturated rings.